The lowest BCUT2D eigenvalue weighted by Crippen LogP contribution is -2.38. The zero-order valence-electron chi connectivity index (χ0n) is 13.2. The molecule has 0 aliphatic rings. The van der Waals surface area contributed by atoms with Crippen LogP contribution in [0.4, 0.5) is 0 Å². The number of hydrogen-bond donors (Lipinski definition) is 2. The standard InChI is InChI=1S/C19H26N2/c1-15(21-17(3)19-12-8-5-9-13-19)14-20-16(2)18-10-6-4-7-11-18/h4-13,15-17,20-21H,14H2,1-3H3. The highest BCUT2D eigenvalue weighted by Gasteiger charge is 2.10. The Bertz CT molecular complexity index is 510. The summed E-state index contributed by atoms with van der Waals surface area (Å²) >= 11 is 0. The van der Waals surface area contributed by atoms with Crippen LogP contribution < -0.4 is 10.6 Å². The summed E-state index contributed by atoms with van der Waals surface area (Å²) < 4.78 is 0. The summed E-state index contributed by atoms with van der Waals surface area (Å²) in [6.45, 7) is 7.60. The van der Waals surface area contributed by atoms with Crippen LogP contribution in [0.3, 0.4) is 0 Å². The molecule has 0 saturated heterocycles. The van der Waals surface area contributed by atoms with Crippen molar-refractivity contribution in [1.82, 2.24) is 10.6 Å². The molecule has 2 aromatic carbocycles. The van der Waals surface area contributed by atoms with Gasteiger partial charge in [-0.15, -0.1) is 0 Å². The van der Waals surface area contributed by atoms with E-state index in [9.17, 15) is 0 Å². The van der Waals surface area contributed by atoms with Crippen LogP contribution in [0.25, 0.3) is 0 Å². The van der Waals surface area contributed by atoms with Crippen LogP contribution in [0.15, 0.2) is 60.7 Å². The Morgan fingerprint density at radius 3 is 1.71 bits per heavy atom. The lowest BCUT2D eigenvalue weighted by molar-refractivity contribution is 0.431. The van der Waals surface area contributed by atoms with Crippen molar-refractivity contribution in [1.29, 1.82) is 0 Å². The zero-order chi connectivity index (χ0) is 15.1. The van der Waals surface area contributed by atoms with Crippen LogP contribution in [0.2, 0.25) is 0 Å². The third-order valence-electron chi connectivity index (χ3n) is 3.86. The first-order chi connectivity index (χ1) is 10.2. The van der Waals surface area contributed by atoms with E-state index in [0.717, 1.165) is 6.54 Å². The minimum atomic E-state index is 0.370. The Balaban J connectivity index is 1.78. The highest BCUT2D eigenvalue weighted by Crippen LogP contribution is 2.13. The highest BCUT2D eigenvalue weighted by atomic mass is 15.0. The fourth-order valence-corrected chi connectivity index (χ4v) is 2.54. The maximum Gasteiger partial charge on any atom is 0.0294 e. The second-order valence-corrected chi connectivity index (χ2v) is 5.74. The van der Waals surface area contributed by atoms with Crippen molar-refractivity contribution in [2.45, 2.75) is 38.9 Å². The van der Waals surface area contributed by atoms with Crippen LogP contribution in [-0.4, -0.2) is 12.6 Å². The zero-order valence-corrected chi connectivity index (χ0v) is 13.2. The monoisotopic (exact) mass is 282 g/mol. The molecule has 0 spiro atoms. The van der Waals surface area contributed by atoms with Crippen molar-refractivity contribution in [3.63, 3.8) is 0 Å². The minimum Gasteiger partial charge on any atom is -0.309 e. The van der Waals surface area contributed by atoms with Crippen molar-refractivity contribution >= 4 is 0 Å². The second-order valence-electron chi connectivity index (χ2n) is 5.74. The van der Waals surface area contributed by atoms with E-state index in [1.165, 1.54) is 11.1 Å². The molecule has 0 aliphatic heterocycles. The second kappa shape index (κ2) is 7.96. The largest absolute Gasteiger partial charge is 0.309 e. The normalized spacial score (nSPS) is 15.4. The van der Waals surface area contributed by atoms with Gasteiger partial charge in [-0.3, -0.25) is 0 Å². The van der Waals surface area contributed by atoms with Crippen LogP contribution in [-0.2, 0) is 0 Å². The third-order valence-corrected chi connectivity index (χ3v) is 3.86. The SMILES string of the molecule is CC(CNC(C)c1ccccc1)NC(C)c1ccccc1. The molecule has 3 atom stereocenters. The molecule has 112 valence electrons. The van der Waals surface area contributed by atoms with Gasteiger partial charge >= 0.3 is 0 Å². The van der Waals surface area contributed by atoms with Gasteiger partial charge < -0.3 is 10.6 Å². The minimum absolute atomic E-state index is 0.370. The predicted octanol–water partition coefficient (Wildman–Crippen LogP) is 4.08. The molecule has 0 radical (unpaired) electrons. The fourth-order valence-electron chi connectivity index (χ4n) is 2.54. The van der Waals surface area contributed by atoms with Crippen molar-refractivity contribution in [3.05, 3.63) is 71.8 Å². The van der Waals surface area contributed by atoms with E-state index in [-0.39, 0.29) is 0 Å². The summed E-state index contributed by atoms with van der Waals surface area (Å²) in [5, 5.41) is 7.23. The quantitative estimate of drug-likeness (QED) is 0.799. The first-order valence-corrected chi connectivity index (χ1v) is 7.76. The smallest absolute Gasteiger partial charge is 0.0294 e. The van der Waals surface area contributed by atoms with Gasteiger partial charge in [-0.05, 0) is 31.9 Å². The molecule has 2 aromatic rings. The van der Waals surface area contributed by atoms with Gasteiger partial charge in [-0.2, -0.15) is 0 Å². The maximum absolute atomic E-state index is 3.64. The van der Waals surface area contributed by atoms with Crippen molar-refractivity contribution in [2.24, 2.45) is 0 Å². The highest BCUT2D eigenvalue weighted by molar-refractivity contribution is 5.19. The van der Waals surface area contributed by atoms with Gasteiger partial charge in [0.05, 0.1) is 0 Å². The summed E-state index contributed by atoms with van der Waals surface area (Å²) in [6.07, 6.45) is 0. The van der Waals surface area contributed by atoms with Crippen LogP contribution in [0.5, 0.6) is 0 Å². The summed E-state index contributed by atoms with van der Waals surface area (Å²) in [7, 11) is 0. The van der Waals surface area contributed by atoms with E-state index in [2.05, 4.69) is 92.1 Å². The Morgan fingerprint density at radius 2 is 1.19 bits per heavy atom. The first-order valence-electron chi connectivity index (χ1n) is 7.76. The molecule has 3 unspecified atom stereocenters. The van der Waals surface area contributed by atoms with Gasteiger partial charge in [0.25, 0.3) is 0 Å². The summed E-state index contributed by atoms with van der Waals surface area (Å²) in [6, 6.07) is 22.3. The van der Waals surface area contributed by atoms with Crippen molar-refractivity contribution in [2.75, 3.05) is 6.54 Å². The molecule has 2 heteroatoms. The number of nitrogens with one attached hydrogen (secondary N) is 2. The number of rotatable bonds is 7. The molecule has 0 heterocycles. The Hall–Kier alpha value is -1.64. The lowest BCUT2D eigenvalue weighted by Gasteiger charge is -2.23. The van der Waals surface area contributed by atoms with Crippen LogP contribution >= 0.6 is 0 Å². The van der Waals surface area contributed by atoms with Gasteiger partial charge in [-0.25, -0.2) is 0 Å². The number of hydrogen-bond acceptors (Lipinski definition) is 2. The Morgan fingerprint density at radius 1 is 0.714 bits per heavy atom. The maximum atomic E-state index is 3.64. The molecule has 21 heavy (non-hydrogen) atoms. The lowest BCUT2D eigenvalue weighted by atomic mass is 10.1. The average molecular weight is 282 g/mol. The Kier molecular flexibility index (Phi) is 5.97. The Labute approximate surface area is 128 Å². The van der Waals surface area contributed by atoms with Gasteiger partial charge in [0, 0.05) is 24.7 Å². The summed E-state index contributed by atoms with van der Waals surface area (Å²) in [4.78, 5) is 0. The molecular weight excluding hydrogens is 256 g/mol. The molecule has 2 rings (SSSR count). The average Bonchev–Trinajstić information content (AvgIpc) is 2.54. The molecule has 0 aliphatic carbocycles. The molecule has 2 nitrogen and oxygen atoms in total. The van der Waals surface area contributed by atoms with E-state index in [1.54, 1.807) is 0 Å². The van der Waals surface area contributed by atoms with Gasteiger partial charge in [0.1, 0.15) is 0 Å². The third kappa shape index (κ3) is 5.00. The number of benzene rings is 2. The predicted molar refractivity (Wildman–Crippen MR) is 90.3 cm³/mol. The molecule has 0 amide bonds. The molecule has 0 bridgehead atoms. The van der Waals surface area contributed by atoms with Crippen LogP contribution in [0.1, 0.15) is 44.0 Å². The van der Waals surface area contributed by atoms with Gasteiger partial charge in [-0.1, -0.05) is 60.7 Å². The molecule has 0 fully saturated rings. The molecule has 2 N–H and O–H groups in total. The van der Waals surface area contributed by atoms with Crippen molar-refractivity contribution < 1.29 is 0 Å². The van der Waals surface area contributed by atoms with E-state index in [0.29, 0.717) is 18.1 Å². The molecule has 0 saturated carbocycles. The molecular formula is C19H26N2. The topological polar surface area (TPSA) is 24.1 Å². The first kappa shape index (κ1) is 15.7. The summed E-state index contributed by atoms with van der Waals surface area (Å²) in [5.41, 5.74) is 2.67. The molecule has 0 aromatic heterocycles. The van der Waals surface area contributed by atoms with E-state index in [1.807, 2.05) is 0 Å². The van der Waals surface area contributed by atoms with Crippen molar-refractivity contribution in [3.8, 4) is 0 Å². The van der Waals surface area contributed by atoms with E-state index < -0.39 is 0 Å². The van der Waals surface area contributed by atoms with Crippen LogP contribution in [0, 0.1) is 0 Å². The summed E-state index contributed by atoms with van der Waals surface area (Å²) in [5.74, 6) is 0. The van der Waals surface area contributed by atoms with Gasteiger partial charge in [0.2, 0.25) is 0 Å². The van der Waals surface area contributed by atoms with E-state index >= 15 is 0 Å². The fraction of sp³-hybridized carbons (Fsp3) is 0.368. The van der Waals surface area contributed by atoms with E-state index in [4.69, 9.17) is 0 Å². The van der Waals surface area contributed by atoms with Gasteiger partial charge in [0.15, 0.2) is 0 Å².